The third kappa shape index (κ3) is 2.15. The molecule has 3 amide bonds. The van der Waals surface area contributed by atoms with Crippen LogP contribution in [-0.2, 0) is 14.4 Å². The van der Waals surface area contributed by atoms with Gasteiger partial charge in [0.1, 0.15) is 18.2 Å². The first-order valence-corrected chi connectivity index (χ1v) is 7.74. The summed E-state index contributed by atoms with van der Waals surface area (Å²) >= 11 is 0. The molecular formula is C17H14F2N2O3. The summed E-state index contributed by atoms with van der Waals surface area (Å²) in [6.07, 6.45) is 4.73. The van der Waals surface area contributed by atoms with E-state index in [1.165, 1.54) is 0 Å². The normalized spacial score (nSPS) is 30.2. The van der Waals surface area contributed by atoms with Crippen molar-refractivity contribution in [3.63, 3.8) is 0 Å². The van der Waals surface area contributed by atoms with Gasteiger partial charge in [0.15, 0.2) is 0 Å². The fraction of sp³-hybridized carbons (Fsp3) is 0.353. The first-order valence-electron chi connectivity index (χ1n) is 7.74. The molecule has 1 heterocycles. The van der Waals surface area contributed by atoms with Gasteiger partial charge in [0, 0.05) is 6.07 Å². The van der Waals surface area contributed by atoms with Crippen LogP contribution in [0.1, 0.15) is 6.42 Å². The van der Waals surface area contributed by atoms with Crippen molar-refractivity contribution in [2.75, 3.05) is 11.9 Å². The highest BCUT2D eigenvalue weighted by molar-refractivity contribution is 6.09. The van der Waals surface area contributed by atoms with Gasteiger partial charge in [0.25, 0.3) is 0 Å². The molecule has 2 aliphatic carbocycles. The van der Waals surface area contributed by atoms with Gasteiger partial charge in [-0.1, -0.05) is 12.2 Å². The molecule has 0 aromatic heterocycles. The second-order valence-electron chi connectivity index (χ2n) is 6.43. The number of halogens is 2. The van der Waals surface area contributed by atoms with Crippen molar-refractivity contribution >= 4 is 23.4 Å². The number of nitrogens with zero attached hydrogens (tertiary/aromatic N) is 1. The van der Waals surface area contributed by atoms with Crippen molar-refractivity contribution in [2.45, 2.75) is 6.42 Å². The number of nitrogens with one attached hydrogen (secondary N) is 1. The van der Waals surface area contributed by atoms with Gasteiger partial charge in [0.2, 0.25) is 17.7 Å². The Morgan fingerprint density at radius 2 is 1.75 bits per heavy atom. The van der Waals surface area contributed by atoms with E-state index in [9.17, 15) is 23.2 Å². The van der Waals surface area contributed by atoms with Crippen LogP contribution in [0.4, 0.5) is 14.5 Å². The van der Waals surface area contributed by atoms with Crippen LogP contribution in [0.5, 0.6) is 0 Å². The smallest absolute Gasteiger partial charge is 0.244 e. The minimum Gasteiger partial charge on any atom is -0.322 e. The monoisotopic (exact) mass is 332 g/mol. The van der Waals surface area contributed by atoms with Crippen LogP contribution in [-0.4, -0.2) is 29.2 Å². The molecule has 7 heteroatoms. The number of amides is 3. The van der Waals surface area contributed by atoms with E-state index >= 15 is 0 Å². The molecule has 4 atom stereocenters. The molecule has 1 N–H and O–H groups in total. The lowest BCUT2D eigenvalue weighted by Crippen LogP contribution is -2.39. The lowest BCUT2D eigenvalue weighted by atomic mass is 9.85. The van der Waals surface area contributed by atoms with E-state index in [0.29, 0.717) is 0 Å². The molecule has 1 saturated heterocycles. The van der Waals surface area contributed by atoms with Crippen molar-refractivity contribution in [1.29, 1.82) is 0 Å². The lowest BCUT2D eigenvalue weighted by Gasteiger charge is -2.17. The third-order valence-corrected chi connectivity index (χ3v) is 5.07. The second kappa shape index (κ2) is 5.22. The minimum absolute atomic E-state index is 0.0603. The second-order valence-corrected chi connectivity index (χ2v) is 6.43. The number of hydrogen-bond donors (Lipinski definition) is 1. The largest absolute Gasteiger partial charge is 0.322 e. The molecule has 1 aromatic carbocycles. The van der Waals surface area contributed by atoms with Crippen molar-refractivity contribution in [1.82, 2.24) is 4.90 Å². The number of anilines is 1. The summed E-state index contributed by atoms with van der Waals surface area (Å²) in [6, 6.07) is 2.67. The van der Waals surface area contributed by atoms with Crippen molar-refractivity contribution in [3.8, 4) is 0 Å². The summed E-state index contributed by atoms with van der Waals surface area (Å²) in [7, 11) is 0. The molecule has 1 aromatic rings. The van der Waals surface area contributed by atoms with Crippen LogP contribution in [0, 0.1) is 35.3 Å². The Morgan fingerprint density at radius 1 is 1.12 bits per heavy atom. The number of hydrogen-bond acceptors (Lipinski definition) is 3. The predicted octanol–water partition coefficient (Wildman–Crippen LogP) is 1.71. The zero-order valence-electron chi connectivity index (χ0n) is 12.5. The average Bonchev–Trinajstić information content (AvgIpc) is 3.21. The van der Waals surface area contributed by atoms with Crippen LogP contribution in [0.2, 0.25) is 0 Å². The Kier molecular flexibility index (Phi) is 3.26. The molecule has 5 nitrogen and oxygen atoms in total. The van der Waals surface area contributed by atoms with Gasteiger partial charge in [-0.05, 0) is 30.4 Å². The van der Waals surface area contributed by atoms with Gasteiger partial charge >= 0.3 is 0 Å². The van der Waals surface area contributed by atoms with Crippen LogP contribution in [0.3, 0.4) is 0 Å². The van der Waals surface area contributed by atoms with Gasteiger partial charge < -0.3 is 5.32 Å². The fourth-order valence-corrected chi connectivity index (χ4v) is 4.05. The zero-order valence-corrected chi connectivity index (χ0v) is 12.5. The first-order chi connectivity index (χ1) is 11.5. The number of benzene rings is 1. The van der Waals surface area contributed by atoms with Crippen LogP contribution in [0.25, 0.3) is 0 Å². The van der Waals surface area contributed by atoms with Crippen LogP contribution < -0.4 is 5.32 Å². The molecule has 0 spiro atoms. The van der Waals surface area contributed by atoms with E-state index in [4.69, 9.17) is 0 Å². The number of fused-ring (bicyclic) bond motifs is 5. The number of imide groups is 1. The summed E-state index contributed by atoms with van der Waals surface area (Å²) < 4.78 is 26.7. The Balaban J connectivity index is 1.48. The molecule has 1 saturated carbocycles. The quantitative estimate of drug-likeness (QED) is 0.677. The first kappa shape index (κ1) is 15.0. The van der Waals surface area contributed by atoms with Crippen molar-refractivity contribution in [2.24, 2.45) is 23.7 Å². The maximum atomic E-state index is 13.6. The summed E-state index contributed by atoms with van der Waals surface area (Å²) in [4.78, 5) is 37.9. The van der Waals surface area contributed by atoms with Gasteiger partial charge in [-0.15, -0.1) is 0 Å². The number of likely N-dealkylation sites (tertiary alicyclic amines) is 1. The van der Waals surface area contributed by atoms with Gasteiger partial charge in [-0.3, -0.25) is 19.3 Å². The van der Waals surface area contributed by atoms with E-state index in [0.717, 1.165) is 29.5 Å². The summed E-state index contributed by atoms with van der Waals surface area (Å²) in [5.74, 6) is -3.57. The Hall–Kier alpha value is -2.57. The molecular weight excluding hydrogens is 318 g/mol. The molecule has 124 valence electrons. The van der Waals surface area contributed by atoms with Crippen molar-refractivity contribution < 1.29 is 23.2 Å². The van der Waals surface area contributed by atoms with E-state index in [1.807, 2.05) is 12.2 Å². The Bertz CT molecular complexity index is 762. The van der Waals surface area contributed by atoms with Gasteiger partial charge in [-0.2, -0.15) is 0 Å². The summed E-state index contributed by atoms with van der Waals surface area (Å²) in [5, 5.41) is 2.21. The molecule has 2 bridgehead atoms. The maximum absolute atomic E-state index is 13.6. The lowest BCUT2D eigenvalue weighted by molar-refractivity contribution is -0.143. The molecule has 4 unspecified atom stereocenters. The zero-order chi connectivity index (χ0) is 17.0. The average molecular weight is 332 g/mol. The third-order valence-electron chi connectivity index (χ3n) is 5.07. The van der Waals surface area contributed by atoms with Gasteiger partial charge in [0.05, 0.1) is 17.5 Å². The van der Waals surface area contributed by atoms with Crippen molar-refractivity contribution in [3.05, 3.63) is 42.0 Å². The van der Waals surface area contributed by atoms with E-state index in [1.54, 1.807) is 0 Å². The maximum Gasteiger partial charge on any atom is 0.244 e. The summed E-state index contributed by atoms with van der Waals surface area (Å²) in [5.41, 5.74) is -0.318. The topological polar surface area (TPSA) is 66.5 Å². The standard InChI is InChI=1S/C17H14F2N2O3/c18-10-3-4-11(19)12(6-10)20-13(22)7-21-16(23)14-8-1-2-9(5-8)15(14)17(21)24/h1-4,6,8-9,14-15H,5,7H2,(H,20,22). The Labute approximate surface area is 136 Å². The molecule has 2 fully saturated rings. The highest BCUT2D eigenvalue weighted by Crippen LogP contribution is 2.52. The molecule has 3 aliphatic rings. The minimum atomic E-state index is -0.789. The number of allylic oxidation sites excluding steroid dienone is 2. The SMILES string of the molecule is O=C(CN1C(=O)C2C3C=CC(C3)C2C1=O)Nc1cc(F)ccc1F. The predicted molar refractivity (Wildman–Crippen MR) is 79.4 cm³/mol. The number of carbonyl (C=O) groups excluding carboxylic acids is 3. The fourth-order valence-electron chi connectivity index (χ4n) is 4.05. The van der Waals surface area contributed by atoms with Gasteiger partial charge in [-0.25, -0.2) is 8.78 Å². The van der Waals surface area contributed by atoms with E-state index < -0.39 is 24.1 Å². The molecule has 0 radical (unpaired) electrons. The summed E-state index contributed by atoms with van der Waals surface area (Å²) in [6.45, 7) is -0.486. The molecule has 1 aliphatic heterocycles. The van der Waals surface area contributed by atoms with Crippen LogP contribution in [0.15, 0.2) is 30.4 Å². The number of rotatable bonds is 3. The Morgan fingerprint density at radius 3 is 2.38 bits per heavy atom. The van der Waals surface area contributed by atoms with E-state index in [-0.39, 0.29) is 41.2 Å². The molecule has 24 heavy (non-hydrogen) atoms. The highest BCUT2D eigenvalue weighted by Gasteiger charge is 2.59. The number of carbonyl (C=O) groups is 3. The van der Waals surface area contributed by atoms with E-state index in [2.05, 4.69) is 5.32 Å². The highest BCUT2D eigenvalue weighted by atomic mass is 19.1. The molecule has 4 rings (SSSR count). The van der Waals surface area contributed by atoms with Crippen LogP contribution >= 0.6 is 0 Å².